The lowest BCUT2D eigenvalue weighted by Gasteiger charge is -2.68. The van der Waals surface area contributed by atoms with E-state index in [1.165, 1.54) is 12.5 Å². The summed E-state index contributed by atoms with van der Waals surface area (Å²) in [5.41, 5.74) is -0.439. The van der Waals surface area contributed by atoms with Crippen LogP contribution in [0.1, 0.15) is 100 Å². The lowest BCUT2D eigenvalue weighted by atomic mass is 9.37. The molecule has 0 aromatic rings. The van der Waals surface area contributed by atoms with Crippen molar-refractivity contribution in [1.82, 2.24) is 0 Å². The number of carbonyl (C=O) groups is 2. The van der Waals surface area contributed by atoms with Gasteiger partial charge in [-0.1, -0.05) is 46.3 Å². The zero-order valence-corrected chi connectivity index (χ0v) is 24.8. The van der Waals surface area contributed by atoms with E-state index in [1.807, 2.05) is 0 Å². The van der Waals surface area contributed by atoms with Gasteiger partial charge < -0.3 is 19.7 Å². The van der Waals surface area contributed by atoms with Gasteiger partial charge in [-0.15, -0.1) is 0 Å². The average molecular weight is 531 g/mol. The topological polar surface area (TPSA) is 93.1 Å². The Hall–Kier alpha value is -1.24. The summed E-state index contributed by atoms with van der Waals surface area (Å²) < 4.78 is 12.3. The van der Waals surface area contributed by atoms with E-state index in [2.05, 4.69) is 40.7 Å². The maximum atomic E-state index is 13.1. The molecule has 1 heterocycles. The van der Waals surface area contributed by atoms with Crippen LogP contribution in [0.5, 0.6) is 0 Å². The molecule has 214 valence electrons. The minimum Gasteiger partial charge on any atom is -0.462 e. The molecule has 5 rings (SSSR count). The lowest BCUT2D eigenvalue weighted by molar-refractivity contribution is -0.208. The van der Waals surface area contributed by atoms with E-state index in [-0.39, 0.29) is 40.2 Å². The number of aliphatic hydroxyl groups is 2. The highest BCUT2D eigenvalue weighted by Crippen LogP contribution is 2.73. The predicted molar refractivity (Wildman–Crippen MR) is 145 cm³/mol. The van der Waals surface area contributed by atoms with Crippen LogP contribution in [-0.2, 0) is 19.1 Å². The van der Waals surface area contributed by atoms with Crippen molar-refractivity contribution in [2.45, 2.75) is 124 Å². The third kappa shape index (κ3) is 3.90. The van der Waals surface area contributed by atoms with Crippen LogP contribution < -0.4 is 0 Å². The fraction of sp³-hybridized carbons (Fsp3) is 0.875. The Kier molecular flexibility index (Phi) is 6.61. The Morgan fingerprint density at radius 2 is 1.79 bits per heavy atom. The molecule has 6 nitrogen and oxygen atoms in total. The molecular formula is C32H50O6. The molecule has 0 aromatic heterocycles. The number of hydrogen-bond donors (Lipinski definition) is 2. The molecule has 0 bridgehead atoms. The van der Waals surface area contributed by atoms with Crippen LogP contribution in [0.15, 0.2) is 11.6 Å². The summed E-state index contributed by atoms with van der Waals surface area (Å²) in [6.07, 6.45) is 6.80. The van der Waals surface area contributed by atoms with Gasteiger partial charge in [0.05, 0.1) is 18.3 Å². The molecule has 4 fully saturated rings. The normalized spacial score (nSPS) is 48.4. The summed E-state index contributed by atoms with van der Waals surface area (Å²) in [5, 5.41) is 21.4. The Bertz CT molecular complexity index is 1020. The van der Waals surface area contributed by atoms with Crippen molar-refractivity contribution in [2.24, 2.45) is 45.3 Å². The van der Waals surface area contributed by atoms with Crippen LogP contribution in [-0.4, -0.2) is 52.5 Å². The second-order valence-electron chi connectivity index (χ2n) is 15.3. The Morgan fingerprint density at radius 3 is 2.39 bits per heavy atom. The molecule has 5 aliphatic rings. The highest BCUT2D eigenvalue weighted by atomic mass is 16.5. The van der Waals surface area contributed by atoms with Crippen molar-refractivity contribution >= 4 is 11.8 Å². The number of allylic oxidation sites excluding steroid dienone is 1. The maximum absolute atomic E-state index is 13.1. The highest BCUT2D eigenvalue weighted by Gasteiger charge is 2.69. The molecular weight excluding hydrogens is 480 g/mol. The summed E-state index contributed by atoms with van der Waals surface area (Å²) in [6.45, 7) is 16.8. The zero-order chi connectivity index (χ0) is 28.1. The summed E-state index contributed by atoms with van der Waals surface area (Å²) in [7, 11) is 0. The number of ketones is 1. The van der Waals surface area contributed by atoms with Crippen molar-refractivity contribution in [3.05, 3.63) is 11.6 Å². The van der Waals surface area contributed by atoms with E-state index >= 15 is 0 Å². The van der Waals surface area contributed by atoms with Crippen molar-refractivity contribution in [3.63, 3.8) is 0 Å². The van der Waals surface area contributed by atoms with Gasteiger partial charge >= 0.3 is 5.97 Å². The first kappa shape index (κ1) is 28.3. The number of Topliss-reactive ketones (excluding diaryl/α,β-unsaturated/α-hetero) is 1. The van der Waals surface area contributed by atoms with Gasteiger partial charge in [0.15, 0.2) is 0 Å². The Morgan fingerprint density at radius 1 is 1.11 bits per heavy atom. The monoisotopic (exact) mass is 530 g/mol. The van der Waals surface area contributed by atoms with Crippen molar-refractivity contribution < 1.29 is 29.3 Å². The summed E-state index contributed by atoms with van der Waals surface area (Å²) >= 11 is 0. The van der Waals surface area contributed by atoms with Gasteiger partial charge in [0.1, 0.15) is 18.0 Å². The van der Waals surface area contributed by atoms with Crippen molar-refractivity contribution in [1.29, 1.82) is 0 Å². The Labute approximate surface area is 228 Å². The first-order valence-corrected chi connectivity index (χ1v) is 14.9. The number of hydrogen-bond acceptors (Lipinski definition) is 6. The molecule has 0 spiro atoms. The van der Waals surface area contributed by atoms with Gasteiger partial charge in [-0.25, -0.2) is 0 Å². The van der Waals surface area contributed by atoms with E-state index in [0.29, 0.717) is 37.1 Å². The first-order chi connectivity index (χ1) is 17.5. The standard InChI is InChI=1S/C32H50O6/c1-18(33)38-26-16-24-28(2,3)25(35)12-14-31(24,7)23-11-13-30(6)20(9-10-22(30)32(23,26)8)19-15-21(34)27(37-17-19)29(4,5)36/h10,19-21,23-24,26-27,34,36H,9,11-17H2,1-8H3/t19-,20-,21-,23+,24+,26-,27-,30-,31+,32+/m1/s1. The van der Waals surface area contributed by atoms with Crippen molar-refractivity contribution in [3.8, 4) is 0 Å². The van der Waals surface area contributed by atoms with Gasteiger partial charge in [0.2, 0.25) is 0 Å². The minimum atomic E-state index is -1.08. The van der Waals surface area contributed by atoms with E-state index in [4.69, 9.17) is 9.47 Å². The second-order valence-corrected chi connectivity index (χ2v) is 15.3. The van der Waals surface area contributed by atoms with E-state index < -0.39 is 23.2 Å². The molecule has 0 radical (unpaired) electrons. The molecule has 0 aromatic carbocycles. The third-order valence-corrected chi connectivity index (χ3v) is 12.4. The number of fused-ring (bicyclic) bond motifs is 5. The van der Waals surface area contributed by atoms with Crippen LogP contribution in [0.25, 0.3) is 0 Å². The smallest absolute Gasteiger partial charge is 0.302 e. The van der Waals surface area contributed by atoms with Gasteiger partial charge in [0.25, 0.3) is 0 Å². The highest BCUT2D eigenvalue weighted by molar-refractivity contribution is 5.85. The van der Waals surface area contributed by atoms with Gasteiger partial charge in [-0.05, 0) is 86.9 Å². The molecule has 3 saturated carbocycles. The van der Waals surface area contributed by atoms with Gasteiger partial charge in [0, 0.05) is 24.2 Å². The average Bonchev–Trinajstić information content (AvgIpc) is 3.15. The van der Waals surface area contributed by atoms with Crippen molar-refractivity contribution in [2.75, 3.05) is 6.61 Å². The molecule has 38 heavy (non-hydrogen) atoms. The van der Waals surface area contributed by atoms with Crippen LogP contribution in [0.4, 0.5) is 0 Å². The summed E-state index contributed by atoms with van der Waals surface area (Å²) in [4.78, 5) is 25.5. The fourth-order valence-electron chi connectivity index (χ4n) is 10.7. The number of ether oxygens (including phenoxy) is 2. The van der Waals surface area contributed by atoms with E-state index in [1.54, 1.807) is 13.8 Å². The SMILES string of the molecule is CC(=O)O[C@@H]1C[C@H]2C(C)(C)C(=O)CC[C@@]2(C)[C@@H]2CC[C@@]3(C)C(=CC[C@@H]3[C@H]3CO[C@@H](C(C)(C)O)[C@H](O)C3)[C@]12C. The summed E-state index contributed by atoms with van der Waals surface area (Å²) in [5.74, 6) is 1.14. The molecule has 4 aliphatic carbocycles. The van der Waals surface area contributed by atoms with Gasteiger partial charge in [-0.2, -0.15) is 0 Å². The molecule has 0 unspecified atom stereocenters. The fourth-order valence-corrected chi connectivity index (χ4v) is 10.7. The van der Waals surface area contributed by atoms with E-state index in [9.17, 15) is 19.8 Å². The molecule has 1 saturated heterocycles. The molecule has 0 amide bonds. The number of rotatable bonds is 3. The summed E-state index contributed by atoms with van der Waals surface area (Å²) in [6, 6.07) is 0. The second kappa shape index (κ2) is 8.88. The minimum absolute atomic E-state index is 0.00708. The molecule has 6 heteroatoms. The lowest BCUT2D eigenvalue weighted by Crippen LogP contribution is -2.65. The first-order valence-electron chi connectivity index (χ1n) is 14.9. The molecule has 2 N–H and O–H groups in total. The Balaban J connectivity index is 1.49. The van der Waals surface area contributed by atoms with Crippen LogP contribution in [0.3, 0.4) is 0 Å². The third-order valence-electron chi connectivity index (χ3n) is 12.4. The van der Waals surface area contributed by atoms with E-state index in [0.717, 1.165) is 32.1 Å². The number of carbonyl (C=O) groups excluding carboxylic acids is 2. The largest absolute Gasteiger partial charge is 0.462 e. The molecule has 10 atom stereocenters. The quantitative estimate of drug-likeness (QED) is 0.383. The number of aliphatic hydroxyl groups excluding tert-OH is 1. The zero-order valence-electron chi connectivity index (χ0n) is 24.8. The number of esters is 1. The maximum Gasteiger partial charge on any atom is 0.302 e. The van der Waals surface area contributed by atoms with Gasteiger partial charge in [-0.3, -0.25) is 9.59 Å². The van der Waals surface area contributed by atoms with Crippen LogP contribution >= 0.6 is 0 Å². The van der Waals surface area contributed by atoms with Crippen LogP contribution in [0, 0.1) is 45.3 Å². The predicted octanol–water partition coefficient (Wildman–Crippen LogP) is 5.24. The molecule has 1 aliphatic heterocycles. The van der Waals surface area contributed by atoms with Crippen LogP contribution in [0.2, 0.25) is 0 Å².